The number of hydrogen-bond acceptors (Lipinski definition) is 5. The molecule has 0 saturated carbocycles. The van der Waals surface area contributed by atoms with Gasteiger partial charge in [0.1, 0.15) is 17.4 Å². The maximum absolute atomic E-state index is 13.0. The number of nitrogens with zero attached hydrogens (tertiary/aromatic N) is 2. The lowest BCUT2D eigenvalue weighted by Crippen LogP contribution is -2.26. The lowest BCUT2D eigenvalue weighted by molar-refractivity contribution is 0.103. The molecule has 148 valence electrons. The summed E-state index contributed by atoms with van der Waals surface area (Å²) in [6.07, 6.45) is 4.46. The topological polar surface area (TPSA) is 92.3 Å². The van der Waals surface area contributed by atoms with Crippen molar-refractivity contribution in [2.45, 2.75) is 53.0 Å². The van der Waals surface area contributed by atoms with Crippen molar-refractivity contribution in [2.24, 2.45) is 0 Å². The standard InChI is InChI=1S/C22H26N2O4/c1-4-6-7-8-13-28-17-11-9-16(10-12-17)20(25)19-15(3)18(14-23)21(26)24(5-2)22(19)27/h9-12,27H,4-8,13H2,1-3H3. The fraction of sp³-hybridized carbons (Fsp3) is 0.409. The van der Waals surface area contributed by atoms with Gasteiger partial charge in [-0.3, -0.25) is 14.2 Å². The highest BCUT2D eigenvalue weighted by Crippen LogP contribution is 2.25. The number of pyridine rings is 1. The zero-order chi connectivity index (χ0) is 20.7. The molecule has 2 aromatic rings. The molecule has 0 bridgehead atoms. The third-order valence-corrected chi connectivity index (χ3v) is 4.73. The molecule has 0 amide bonds. The molecule has 0 saturated heterocycles. The Morgan fingerprint density at radius 3 is 2.43 bits per heavy atom. The van der Waals surface area contributed by atoms with Gasteiger partial charge in [0.25, 0.3) is 5.56 Å². The van der Waals surface area contributed by atoms with E-state index in [-0.39, 0.29) is 23.2 Å². The quantitative estimate of drug-likeness (QED) is 0.524. The second-order valence-corrected chi connectivity index (χ2v) is 6.62. The summed E-state index contributed by atoms with van der Waals surface area (Å²) in [4.78, 5) is 25.2. The van der Waals surface area contributed by atoms with E-state index in [2.05, 4.69) is 6.92 Å². The van der Waals surface area contributed by atoms with E-state index in [0.29, 0.717) is 17.9 Å². The van der Waals surface area contributed by atoms with Crippen LogP contribution in [0.15, 0.2) is 29.1 Å². The summed E-state index contributed by atoms with van der Waals surface area (Å²) >= 11 is 0. The van der Waals surface area contributed by atoms with Gasteiger partial charge in [0.15, 0.2) is 5.78 Å². The van der Waals surface area contributed by atoms with E-state index in [1.807, 2.05) is 6.07 Å². The molecule has 1 aromatic heterocycles. The number of nitriles is 1. The first-order valence-corrected chi connectivity index (χ1v) is 9.60. The molecular formula is C22H26N2O4. The van der Waals surface area contributed by atoms with E-state index in [1.54, 1.807) is 31.2 Å². The lowest BCUT2D eigenvalue weighted by atomic mass is 9.97. The molecule has 2 rings (SSSR count). The summed E-state index contributed by atoms with van der Waals surface area (Å²) in [5.74, 6) is -0.182. The highest BCUT2D eigenvalue weighted by atomic mass is 16.5. The fourth-order valence-corrected chi connectivity index (χ4v) is 3.08. The Morgan fingerprint density at radius 2 is 1.86 bits per heavy atom. The third kappa shape index (κ3) is 4.42. The van der Waals surface area contributed by atoms with Gasteiger partial charge in [0.05, 0.1) is 12.2 Å². The SMILES string of the molecule is CCCCCCOc1ccc(C(=O)c2c(C)c(C#N)c(=O)n(CC)c2O)cc1. The van der Waals surface area contributed by atoms with Crippen molar-refractivity contribution in [3.05, 3.63) is 56.9 Å². The minimum atomic E-state index is -0.594. The average molecular weight is 382 g/mol. The van der Waals surface area contributed by atoms with Crippen LogP contribution in [0.1, 0.15) is 66.6 Å². The molecular weight excluding hydrogens is 356 g/mol. The van der Waals surface area contributed by atoms with Crippen LogP contribution in [0.25, 0.3) is 0 Å². The Labute approximate surface area is 165 Å². The van der Waals surface area contributed by atoms with Crippen LogP contribution in [-0.4, -0.2) is 22.1 Å². The smallest absolute Gasteiger partial charge is 0.271 e. The van der Waals surface area contributed by atoms with Gasteiger partial charge in [-0.2, -0.15) is 5.26 Å². The fourth-order valence-electron chi connectivity index (χ4n) is 3.08. The summed E-state index contributed by atoms with van der Waals surface area (Å²) < 4.78 is 6.71. The lowest BCUT2D eigenvalue weighted by Gasteiger charge is -2.14. The first-order valence-electron chi connectivity index (χ1n) is 9.60. The van der Waals surface area contributed by atoms with Crippen LogP contribution in [0.5, 0.6) is 11.6 Å². The number of aromatic nitrogens is 1. The summed E-state index contributed by atoms with van der Waals surface area (Å²) in [5, 5.41) is 19.7. The summed E-state index contributed by atoms with van der Waals surface area (Å²) in [5.41, 5.74) is -0.206. The Hall–Kier alpha value is -3.07. The van der Waals surface area contributed by atoms with Crippen LogP contribution in [0.4, 0.5) is 0 Å². The number of carbonyl (C=O) groups excluding carboxylic acids is 1. The third-order valence-electron chi connectivity index (χ3n) is 4.73. The molecule has 1 N–H and O–H groups in total. The van der Waals surface area contributed by atoms with Crippen molar-refractivity contribution in [3.8, 4) is 17.7 Å². The summed E-state index contributed by atoms with van der Waals surface area (Å²) in [6, 6.07) is 8.50. The van der Waals surface area contributed by atoms with Gasteiger partial charge in [0, 0.05) is 12.1 Å². The van der Waals surface area contributed by atoms with Gasteiger partial charge in [-0.05, 0) is 50.1 Å². The van der Waals surface area contributed by atoms with E-state index in [0.717, 1.165) is 17.4 Å². The molecule has 0 aliphatic carbocycles. The van der Waals surface area contributed by atoms with Gasteiger partial charge in [-0.15, -0.1) is 0 Å². The number of carbonyl (C=O) groups is 1. The normalized spacial score (nSPS) is 10.5. The van der Waals surface area contributed by atoms with E-state index < -0.39 is 17.2 Å². The second-order valence-electron chi connectivity index (χ2n) is 6.62. The number of ketones is 1. The van der Waals surface area contributed by atoms with Crippen LogP contribution in [0.3, 0.4) is 0 Å². The zero-order valence-corrected chi connectivity index (χ0v) is 16.6. The van der Waals surface area contributed by atoms with E-state index >= 15 is 0 Å². The maximum atomic E-state index is 13.0. The van der Waals surface area contributed by atoms with Crippen molar-refractivity contribution in [2.75, 3.05) is 6.61 Å². The number of benzene rings is 1. The summed E-state index contributed by atoms with van der Waals surface area (Å²) in [7, 11) is 0. The minimum Gasteiger partial charge on any atom is -0.494 e. The van der Waals surface area contributed by atoms with Crippen LogP contribution in [0.2, 0.25) is 0 Å². The Morgan fingerprint density at radius 1 is 1.18 bits per heavy atom. The molecule has 1 aromatic carbocycles. The highest BCUT2D eigenvalue weighted by Gasteiger charge is 2.24. The molecule has 0 aliphatic rings. The van der Waals surface area contributed by atoms with Crippen molar-refractivity contribution in [3.63, 3.8) is 0 Å². The average Bonchev–Trinajstić information content (AvgIpc) is 2.69. The molecule has 6 heteroatoms. The largest absolute Gasteiger partial charge is 0.494 e. The van der Waals surface area contributed by atoms with Crippen molar-refractivity contribution >= 4 is 5.78 Å². The van der Waals surface area contributed by atoms with Crippen molar-refractivity contribution in [1.82, 2.24) is 4.57 Å². The molecule has 0 radical (unpaired) electrons. The molecule has 0 unspecified atom stereocenters. The minimum absolute atomic E-state index is 0.0220. The van der Waals surface area contributed by atoms with Crippen LogP contribution in [-0.2, 0) is 6.54 Å². The van der Waals surface area contributed by atoms with E-state index in [9.17, 15) is 20.0 Å². The monoisotopic (exact) mass is 382 g/mol. The molecule has 28 heavy (non-hydrogen) atoms. The van der Waals surface area contributed by atoms with Crippen LogP contribution >= 0.6 is 0 Å². The Bertz CT molecular complexity index is 937. The molecule has 0 atom stereocenters. The Balaban J connectivity index is 2.27. The maximum Gasteiger partial charge on any atom is 0.271 e. The molecule has 1 heterocycles. The number of hydrogen-bond donors (Lipinski definition) is 1. The first-order chi connectivity index (χ1) is 13.5. The predicted molar refractivity (Wildman–Crippen MR) is 107 cm³/mol. The van der Waals surface area contributed by atoms with Crippen molar-refractivity contribution < 1.29 is 14.6 Å². The van der Waals surface area contributed by atoms with Crippen LogP contribution < -0.4 is 10.3 Å². The summed E-state index contributed by atoms with van der Waals surface area (Å²) in [6.45, 7) is 6.10. The number of ether oxygens (including phenoxy) is 1. The second kappa shape index (κ2) is 9.75. The molecule has 0 fully saturated rings. The van der Waals surface area contributed by atoms with E-state index in [1.165, 1.54) is 19.8 Å². The number of aromatic hydroxyl groups is 1. The van der Waals surface area contributed by atoms with Crippen molar-refractivity contribution in [1.29, 1.82) is 5.26 Å². The molecule has 0 aliphatic heterocycles. The van der Waals surface area contributed by atoms with Gasteiger partial charge in [0.2, 0.25) is 5.88 Å². The van der Waals surface area contributed by atoms with E-state index in [4.69, 9.17) is 4.74 Å². The van der Waals surface area contributed by atoms with Crippen LogP contribution in [0, 0.1) is 18.3 Å². The molecule has 6 nitrogen and oxygen atoms in total. The Kier molecular flexibility index (Phi) is 7.39. The number of rotatable bonds is 9. The van der Waals surface area contributed by atoms with Gasteiger partial charge in [-0.1, -0.05) is 26.2 Å². The van der Waals surface area contributed by atoms with Gasteiger partial charge in [-0.25, -0.2) is 0 Å². The number of unbranched alkanes of at least 4 members (excludes halogenated alkanes) is 3. The molecule has 0 spiro atoms. The predicted octanol–water partition coefficient (Wildman–Crippen LogP) is 3.94. The highest BCUT2D eigenvalue weighted by molar-refractivity contribution is 6.11. The van der Waals surface area contributed by atoms with Gasteiger partial charge >= 0.3 is 0 Å². The first kappa shape index (κ1) is 21.2. The zero-order valence-electron chi connectivity index (χ0n) is 16.6. The van der Waals surface area contributed by atoms with Gasteiger partial charge < -0.3 is 9.84 Å².